The number of nitrogens with zero attached hydrogens (tertiary/aromatic N) is 1. The zero-order chi connectivity index (χ0) is 22.4. The molecule has 3 rings (SSSR count). The Morgan fingerprint density at radius 1 is 0.935 bits per heavy atom. The zero-order valence-electron chi connectivity index (χ0n) is 18.0. The summed E-state index contributed by atoms with van der Waals surface area (Å²) in [5, 5.41) is 1.95. The van der Waals surface area contributed by atoms with Gasteiger partial charge >= 0.3 is 0 Å². The van der Waals surface area contributed by atoms with Gasteiger partial charge in [-0.2, -0.15) is 0 Å². The van der Waals surface area contributed by atoms with Crippen molar-refractivity contribution < 1.29 is 23.7 Å². The Balaban J connectivity index is 2.03. The Labute approximate surface area is 185 Å². The summed E-state index contributed by atoms with van der Waals surface area (Å²) in [7, 11) is 6.20. The SMILES string of the molecule is COc1ccc(CN(C(=O)Cc2cccs2)c2cc(OC)c(OC)c(OC)c2)cc1N. The van der Waals surface area contributed by atoms with E-state index in [0.717, 1.165) is 10.4 Å². The molecule has 0 aliphatic heterocycles. The first-order valence-corrected chi connectivity index (χ1v) is 10.4. The van der Waals surface area contributed by atoms with Crippen LogP contribution in [0.25, 0.3) is 0 Å². The Morgan fingerprint density at radius 2 is 1.61 bits per heavy atom. The molecule has 2 N–H and O–H groups in total. The number of hydrogen-bond donors (Lipinski definition) is 1. The molecular formula is C23H26N2O5S. The molecule has 0 atom stereocenters. The number of nitrogen functional groups attached to an aromatic ring is 1. The summed E-state index contributed by atoms with van der Waals surface area (Å²) in [5.41, 5.74) is 8.08. The Bertz CT molecular complexity index is 1010. The van der Waals surface area contributed by atoms with Gasteiger partial charge < -0.3 is 29.6 Å². The average molecular weight is 443 g/mol. The van der Waals surface area contributed by atoms with Crippen LogP contribution in [0.5, 0.6) is 23.0 Å². The Kier molecular flexibility index (Phi) is 7.25. The minimum Gasteiger partial charge on any atom is -0.495 e. The summed E-state index contributed by atoms with van der Waals surface area (Å²) in [5.74, 6) is 1.94. The predicted molar refractivity (Wildman–Crippen MR) is 123 cm³/mol. The summed E-state index contributed by atoms with van der Waals surface area (Å²) in [6.07, 6.45) is 0.278. The van der Waals surface area contributed by atoms with Gasteiger partial charge in [-0.05, 0) is 29.1 Å². The third kappa shape index (κ3) is 5.03. The Hall–Kier alpha value is -3.39. The number of rotatable bonds is 9. The Morgan fingerprint density at radius 3 is 2.13 bits per heavy atom. The van der Waals surface area contributed by atoms with Crippen molar-refractivity contribution in [2.75, 3.05) is 39.1 Å². The lowest BCUT2D eigenvalue weighted by Crippen LogP contribution is -2.31. The van der Waals surface area contributed by atoms with E-state index in [0.29, 0.717) is 40.9 Å². The van der Waals surface area contributed by atoms with E-state index in [4.69, 9.17) is 24.7 Å². The van der Waals surface area contributed by atoms with E-state index in [1.807, 2.05) is 29.6 Å². The van der Waals surface area contributed by atoms with Gasteiger partial charge in [0.1, 0.15) is 5.75 Å². The van der Waals surface area contributed by atoms with Gasteiger partial charge in [0.05, 0.1) is 52.8 Å². The van der Waals surface area contributed by atoms with Crippen molar-refractivity contribution in [2.45, 2.75) is 13.0 Å². The molecule has 0 saturated carbocycles. The molecule has 0 radical (unpaired) electrons. The molecule has 1 aromatic heterocycles. The highest BCUT2D eigenvalue weighted by atomic mass is 32.1. The summed E-state index contributed by atoms with van der Waals surface area (Å²) in [6, 6.07) is 12.9. The van der Waals surface area contributed by atoms with E-state index >= 15 is 0 Å². The van der Waals surface area contributed by atoms with Crippen LogP contribution in [-0.4, -0.2) is 34.3 Å². The molecule has 31 heavy (non-hydrogen) atoms. The van der Waals surface area contributed by atoms with E-state index < -0.39 is 0 Å². The first-order chi connectivity index (χ1) is 15.0. The van der Waals surface area contributed by atoms with Gasteiger partial charge in [0.25, 0.3) is 0 Å². The lowest BCUT2D eigenvalue weighted by molar-refractivity contribution is -0.118. The summed E-state index contributed by atoms with van der Waals surface area (Å²) >= 11 is 1.55. The standard InChI is InChI=1S/C23H26N2O5S/c1-27-19-8-7-15(10-18(19)24)14-25(22(26)13-17-6-5-9-31-17)16-11-20(28-2)23(30-4)21(12-16)29-3/h5-12H,13-14,24H2,1-4H3. The van der Waals surface area contributed by atoms with Gasteiger partial charge in [0.15, 0.2) is 11.5 Å². The van der Waals surface area contributed by atoms with Crippen LogP contribution >= 0.6 is 11.3 Å². The van der Waals surface area contributed by atoms with Crippen molar-refractivity contribution in [3.05, 3.63) is 58.3 Å². The smallest absolute Gasteiger partial charge is 0.232 e. The third-order valence-electron chi connectivity index (χ3n) is 4.80. The number of amides is 1. The number of anilines is 2. The van der Waals surface area contributed by atoms with Gasteiger partial charge in [0.2, 0.25) is 11.7 Å². The van der Waals surface area contributed by atoms with Crippen LogP contribution in [0.15, 0.2) is 47.8 Å². The molecule has 164 valence electrons. The van der Waals surface area contributed by atoms with E-state index in [9.17, 15) is 4.79 Å². The molecule has 0 aliphatic rings. The molecule has 0 bridgehead atoms. The number of thiophene rings is 1. The molecule has 2 aromatic carbocycles. The molecule has 0 saturated heterocycles. The molecule has 1 amide bonds. The van der Waals surface area contributed by atoms with E-state index in [2.05, 4.69) is 0 Å². The predicted octanol–water partition coefficient (Wildman–Crippen LogP) is 4.14. The quantitative estimate of drug-likeness (QED) is 0.502. The highest BCUT2D eigenvalue weighted by Crippen LogP contribution is 2.41. The van der Waals surface area contributed by atoms with E-state index in [1.54, 1.807) is 62.9 Å². The fourth-order valence-electron chi connectivity index (χ4n) is 3.27. The first-order valence-electron chi connectivity index (χ1n) is 9.55. The number of carbonyl (C=O) groups excluding carboxylic acids is 1. The molecule has 0 unspecified atom stereocenters. The maximum Gasteiger partial charge on any atom is 0.232 e. The number of methoxy groups -OCH3 is 4. The van der Waals surface area contributed by atoms with Crippen LogP contribution in [0.1, 0.15) is 10.4 Å². The first kappa shape index (κ1) is 22.3. The largest absolute Gasteiger partial charge is 0.495 e. The van der Waals surface area contributed by atoms with Crippen LogP contribution in [0.4, 0.5) is 11.4 Å². The van der Waals surface area contributed by atoms with Crippen LogP contribution in [0.2, 0.25) is 0 Å². The summed E-state index contributed by atoms with van der Waals surface area (Å²) in [6.45, 7) is 0.317. The van der Waals surface area contributed by atoms with Gasteiger partial charge in [-0.3, -0.25) is 4.79 Å². The average Bonchev–Trinajstić information content (AvgIpc) is 3.29. The number of ether oxygens (including phenoxy) is 4. The van der Waals surface area contributed by atoms with Crippen LogP contribution in [0.3, 0.4) is 0 Å². The third-order valence-corrected chi connectivity index (χ3v) is 5.68. The normalized spacial score (nSPS) is 10.5. The van der Waals surface area contributed by atoms with Crippen molar-refractivity contribution in [1.82, 2.24) is 0 Å². The van der Waals surface area contributed by atoms with Gasteiger partial charge in [0, 0.05) is 17.0 Å². The second kappa shape index (κ2) is 10.1. The lowest BCUT2D eigenvalue weighted by atomic mass is 10.1. The summed E-state index contributed by atoms with van der Waals surface area (Å²) < 4.78 is 21.6. The summed E-state index contributed by atoms with van der Waals surface area (Å²) in [4.78, 5) is 16.0. The van der Waals surface area contributed by atoms with Crippen LogP contribution < -0.4 is 29.6 Å². The van der Waals surface area contributed by atoms with Crippen molar-refractivity contribution in [3.63, 3.8) is 0 Å². The second-order valence-corrected chi connectivity index (χ2v) is 7.73. The van der Waals surface area contributed by atoms with Crippen molar-refractivity contribution in [3.8, 4) is 23.0 Å². The minimum atomic E-state index is -0.0638. The number of hydrogen-bond acceptors (Lipinski definition) is 7. The van der Waals surface area contributed by atoms with E-state index in [-0.39, 0.29) is 12.3 Å². The maximum absolute atomic E-state index is 13.3. The van der Waals surface area contributed by atoms with Crippen molar-refractivity contribution >= 4 is 28.6 Å². The topological polar surface area (TPSA) is 83.2 Å². The molecule has 8 heteroatoms. The zero-order valence-corrected chi connectivity index (χ0v) is 18.8. The highest BCUT2D eigenvalue weighted by molar-refractivity contribution is 7.10. The monoisotopic (exact) mass is 442 g/mol. The molecule has 0 fully saturated rings. The minimum absolute atomic E-state index is 0.0638. The fourth-order valence-corrected chi connectivity index (χ4v) is 3.96. The fraction of sp³-hybridized carbons (Fsp3) is 0.261. The number of benzene rings is 2. The van der Waals surface area contributed by atoms with Gasteiger partial charge in [-0.15, -0.1) is 11.3 Å². The van der Waals surface area contributed by atoms with Crippen LogP contribution in [0, 0.1) is 0 Å². The second-order valence-electron chi connectivity index (χ2n) is 6.70. The molecule has 0 spiro atoms. The van der Waals surface area contributed by atoms with Gasteiger partial charge in [-0.25, -0.2) is 0 Å². The van der Waals surface area contributed by atoms with Crippen LogP contribution in [-0.2, 0) is 17.8 Å². The molecule has 1 heterocycles. The molecule has 7 nitrogen and oxygen atoms in total. The highest BCUT2D eigenvalue weighted by Gasteiger charge is 2.22. The van der Waals surface area contributed by atoms with Crippen molar-refractivity contribution in [1.29, 1.82) is 0 Å². The van der Waals surface area contributed by atoms with Crippen molar-refractivity contribution in [2.24, 2.45) is 0 Å². The number of carbonyl (C=O) groups is 1. The number of nitrogens with two attached hydrogens (primary N) is 1. The van der Waals surface area contributed by atoms with E-state index in [1.165, 1.54) is 0 Å². The molecular weight excluding hydrogens is 416 g/mol. The maximum atomic E-state index is 13.3. The van der Waals surface area contributed by atoms with Gasteiger partial charge in [-0.1, -0.05) is 12.1 Å². The molecule has 3 aromatic rings. The lowest BCUT2D eigenvalue weighted by Gasteiger charge is -2.25. The molecule has 0 aliphatic carbocycles.